The molecule has 2 aromatic rings. The van der Waals surface area contributed by atoms with Crippen LogP contribution < -0.4 is 0 Å². The fraction of sp³-hybridized carbons (Fsp3) is 0.650. The van der Waals surface area contributed by atoms with E-state index in [1.54, 1.807) is 6.20 Å². The van der Waals surface area contributed by atoms with Crippen LogP contribution in [0, 0.1) is 5.92 Å². The van der Waals surface area contributed by atoms with Gasteiger partial charge in [0.05, 0.1) is 17.8 Å². The van der Waals surface area contributed by atoms with Gasteiger partial charge in [-0.3, -0.25) is 4.79 Å². The second-order valence-corrected chi connectivity index (χ2v) is 7.91. The molecule has 0 bridgehead atoms. The first-order valence-corrected chi connectivity index (χ1v) is 9.75. The van der Waals surface area contributed by atoms with Crippen LogP contribution in [-0.4, -0.2) is 38.7 Å². The number of carbonyl (C=O) groups is 1. The van der Waals surface area contributed by atoms with Gasteiger partial charge in [-0.1, -0.05) is 32.6 Å². The Morgan fingerprint density at radius 2 is 1.84 bits per heavy atom. The molecule has 0 radical (unpaired) electrons. The van der Waals surface area contributed by atoms with Gasteiger partial charge in [-0.15, -0.1) is 0 Å². The van der Waals surface area contributed by atoms with Gasteiger partial charge in [0.2, 0.25) is 0 Å². The van der Waals surface area contributed by atoms with Gasteiger partial charge < -0.3 is 4.90 Å². The number of fused-ring (bicyclic) bond motifs is 1. The minimum atomic E-state index is 0.0850. The average molecular weight is 340 g/mol. The summed E-state index contributed by atoms with van der Waals surface area (Å²) in [7, 11) is 1.95. The Morgan fingerprint density at radius 1 is 1.12 bits per heavy atom. The second-order valence-electron chi connectivity index (χ2n) is 7.91. The minimum absolute atomic E-state index is 0.0850. The summed E-state index contributed by atoms with van der Waals surface area (Å²) in [6.45, 7) is 2.26. The zero-order valence-electron chi connectivity index (χ0n) is 15.3. The first-order valence-electron chi connectivity index (χ1n) is 9.75. The van der Waals surface area contributed by atoms with Gasteiger partial charge in [0.25, 0.3) is 5.91 Å². The lowest BCUT2D eigenvalue weighted by Gasteiger charge is -2.36. The molecular formula is C20H28N4O. The molecule has 2 heterocycles. The average Bonchev–Trinajstić information content (AvgIpc) is 3.29. The maximum atomic E-state index is 13.0. The molecule has 2 fully saturated rings. The topological polar surface area (TPSA) is 51.0 Å². The summed E-state index contributed by atoms with van der Waals surface area (Å²) in [5, 5.41) is 5.53. The van der Waals surface area contributed by atoms with Gasteiger partial charge in [-0.2, -0.15) is 5.10 Å². The summed E-state index contributed by atoms with van der Waals surface area (Å²) >= 11 is 0. The van der Waals surface area contributed by atoms with E-state index >= 15 is 0 Å². The van der Waals surface area contributed by atoms with Crippen LogP contribution in [0.5, 0.6) is 0 Å². The van der Waals surface area contributed by atoms with Crippen LogP contribution in [0.3, 0.4) is 0 Å². The van der Waals surface area contributed by atoms with Crippen LogP contribution in [0.1, 0.15) is 74.7 Å². The quantitative estimate of drug-likeness (QED) is 0.841. The highest BCUT2D eigenvalue weighted by Crippen LogP contribution is 2.32. The van der Waals surface area contributed by atoms with Crippen LogP contribution in [0.15, 0.2) is 18.5 Å². The van der Waals surface area contributed by atoms with Crippen molar-refractivity contribution in [2.75, 3.05) is 7.05 Å². The van der Waals surface area contributed by atoms with E-state index in [2.05, 4.69) is 21.7 Å². The predicted molar refractivity (Wildman–Crippen MR) is 98.5 cm³/mol. The molecule has 0 aromatic carbocycles. The molecule has 0 spiro atoms. The van der Waals surface area contributed by atoms with Crippen LogP contribution in [0.25, 0.3) is 11.0 Å². The third-order valence-electron chi connectivity index (χ3n) is 6.23. The maximum absolute atomic E-state index is 13.0. The Morgan fingerprint density at radius 3 is 2.60 bits per heavy atom. The monoisotopic (exact) mass is 340 g/mol. The summed E-state index contributed by atoms with van der Waals surface area (Å²) in [5.41, 5.74) is 1.59. The standard InChI is InChI=1S/C20H28N4O/c1-14-7-3-6-10-18(14)23(2)20(25)16-11-15-13-22-24(19(15)21-12-16)17-8-4-5-9-17/h11-14,17-18H,3-10H2,1-2H3/t14-,18-/m0/s1. The van der Waals surface area contributed by atoms with E-state index < -0.39 is 0 Å². The summed E-state index contributed by atoms with van der Waals surface area (Å²) in [5.74, 6) is 0.659. The smallest absolute Gasteiger partial charge is 0.255 e. The Balaban J connectivity index is 1.57. The van der Waals surface area contributed by atoms with Crippen molar-refractivity contribution in [1.29, 1.82) is 0 Å². The molecule has 2 atom stereocenters. The number of carbonyl (C=O) groups excluding carboxylic acids is 1. The van der Waals surface area contributed by atoms with Crippen LogP contribution in [-0.2, 0) is 0 Å². The Labute approximate surface area is 149 Å². The predicted octanol–water partition coefficient (Wildman–Crippen LogP) is 4.20. The van der Waals surface area contributed by atoms with Gasteiger partial charge in [-0.25, -0.2) is 9.67 Å². The maximum Gasteiger partial charge on any atom is 0.255 e. The minimum Gasteiger partial charge on any atom is -0.338 e. The van der Waals surface area contributed by atoms with Crippen molar-refractivity contribution in [3.63, 3.8) is 0 Å². The molecule has 0 N–H and O–H groups in total. The Bertz CT molecular complexity index is 762. The first kappa shape index (κ1) is 16.6. The molecule has 2 aromatic heterocycles. The third-order valence-corrected chi connectivity index (χ3v) is 6.23. The molecule has 4 rings (SSSR count). The van der Waals surface area contributed by atoms with Gasteiger partial charge >= 0.3 is 0 Å². The van der Waals surface area contributed by atoms with Crippen molar-refractivity contribution in [2.45, 2.75) is 70.4 Å². The summed E-state index contributed by atoms with van der Waals surface area (Å²) in [6, 6.07) is 2.78. The van der Waals surface area contributed by atoms with E-state index in [0.29, 0.717) is 23.6 Å². The van der Waals surface area contributed by atoms with E-state index in [1.807, 2.05) is 24.2 Å². The molecule has 1 amide bonds. The van der Waals surface area contributed by atoms with Crippen LogP contribution in [0.2, 0.25) is 0 Å². The number of amides is 1. The fourth-order valence-electron chi connectivity index (χ4n) is 4.70. The summed E-state index contributed by atoms with van der Waals surface area (Å²) in [6.07, 6.45) is 13.3. The van der Waals surface area contributed by atoms with E-state index in [9.17, 15) is 4.79 Å². The molecule has 2 aliphatic carbocycles. The van der Waals surface area contributed by atoms with Crippen molar-refractivity contribution in [2.24, 2.45) is 5.92 Å². The Kier molecular flexibility index (Phi) is 4.48. The normalized spacial score (nSPS) is 24.7. The van der Waals surface area contributed by atoms with E-state index in [4.69, 9.17) is 0 Å². The summed E-state index contributed by atoms with van der Waals surface area (Å²) in [4.78, 5) is 19.5. The lowest BCUT2D eigenvalue weighted by Crippen LogP contribution is -2.42. The van der Waals surface area contributed by atoms with Crippen molar-refractivity contribution in [1.82, 2.24) is 19.7 Å². The van der Waals surface area contributed by atoms with Gasteiger partial charge in [0.15, 0.2) is 5.65 Å². The summed E-state index contributed by atoms with van der Waals surface area (Å²) < 4.78 is 2.06. The first-order chi connectivity index (χ1) is 12.1. The lowest BCUT2D eigenvalue weighted by molar-refractivity contribution is 0.0628. The van der Waals surface area contributed by atoms with E-state index in [0.717, 1.165) is 17.5 Å². The number of aromatic nitrogens is 3. The van der Waals surface area contributed by atoms with Crippen molar-refractivity contribution < 1.29 is 4.79 Å². The highest BCUT2D eigenvalue weighted by Gasteiger charge is 2.29. The van der Waals surface area contributed by atoms with E-state index in [1.165, 1.54) is 44.9 Å². The SMILES string of the molecule is C[C@H]1CCCC[C@@H]1N(C)C(=O)c1cnc2c(cnn2C2CCCC2)c1. The second kappa shape index (κ2) is 6.77. The lowest BCUT2D eigenvalue weighted by atomic mass is 9.85. The number of nitrogens with zero attached hydrogens (tertiary/aromatic N) is 4. The van der Waals surface area contributed by atoms with E-state index in [-0.39, 0.29) is 5.91 Å². The molecule has 0 unspecified atom stereocenters. The molecule has 0 saturated heterocycles. The highest BCUT2D eigenvalue weighted by molar-refractivity contribution is 5.96. The highest BCUT2D eigenvalue weighted by atomic mass is 16.2. The van der Waals surface area contributed by atoms with Gasteiger partial charge in [0, 0.05) is 24.7 Å². The molecular weight excluding hydrogens is 312 g/mol. The van der Waals surface area contributed by atoms with Crippen molar-refractivity contribution in [3.8, 4) is 0 Å². The molecule has 5 nitrogen and oxygen atoms in total. The van der Waals surface area contributed by atoms with Crippen molar-refractivity contribution in [3.05, 3.63) is 24.0 Å². The fourth-order valence-corrected chi connectivity index (χ4v) is 4.70. The number of hydrogen-bond acceptors (Lipinski definition) is 3. The molecule has 134 valence electrons. The molecule has 2 saturated carbocycles. The molecule has 0 aliphatic heterocycles. The van der Waals surface area contributed by atoms with Gasteiger partial charge in [0.1, 0.15) is 0 Å². The third kappa shape index (κ3) is 3.05. The Hall–Kier alpha value is -1.91. The number of pyridine rings is 1. The van der Waals surface area contributed by atoms with Crippen LogP contribution >= 0.6 is 0 Å². The molecule has 2 aliphatic rings. The van der Waals surface area contributed by atoms with Gasteiger partial charge in [-0.05, 0) is 37.7 Å². The molecule has 5 heteroatoms. The molecule has 25 heavy (non-hydrogen) atoms. The van der Waals surface area contributed by atoms with Crippen molar-refractivity contribution >= 4 is 16.9 Å². The number of rotatable bonds is 3. The van der Waals surface area contributed by atoms with Crippen LogP contribution in [0.4, 0.5) is 0 Å². The largest absolute Gasteiger partial charge is 0.338 e. The zero-order valence-corrected chi connectivity index (χ0v) is 15.3. The zero-order chi connectivity index (χ0) is 17.4. The number of hydrogen-bond donors (Lipinski definition) is 0.